The van der Waals surface area contributed by atoms with Crippen LogP contribution in [0.1, 0.15) is 10.4 Å². The van der Waals surface area contributed by atoms with E-state index in [1.807, 2.05) is 12.1 Å². The Bertz CT molecular complexity index is 597. The maximum absolute atomic E-state index is 12.3. The molecular formula is C14H15N5O2. The van der Waals surface area contributed by atoms with Crippen LogP contribution in [0.15, 0.2) is 36.8 Å². The summed E-state index contributed by atoms with van der Waals surface area (Å²) in [5.41, 5.74) is 1.51. The second kappa shape index (κ2) is 6.27. The molecule has 0 saturated carbocycles. The number of rotatable bonds is 3. The predicted molar refractivity (Wildman–Crippen MR) is 76.3 cm³/mol. The van der Waals surface area contributed by atoms with Gasteiger partial charge in [-0.1, -0.05) is 0 Å². The summed E-state index contributed by atoms with van der Waals surface area (Å²) in [5, 5.41) is 10.4. The lowest BCUT2D eigenvalue weighted by atomic mass is 10.1. The minimum Gasteiger partial charge on any atom is -0.378 e. The summed E-state index contributed by atoms with van der Waals surface area (Å²) in [6.07, 6.45) is 2.91. The van der Waals surface area contributed by atoms with E-state index in [9.17, 15) is 4.79 Å². The van der Waals surface area contributed by atoms with Crippen LogP contribution in [-0.4, -0.2) is 52.3 Å². The van der Waals surface area contributed by atoms with E-state index in [0.29, 0.717) is 37.7 Å². The molecule has 21 heavy (non-hydrogen) atoms. The Morgan fingerprint density at radius 3 is 2.57 bits per heavy atom. The van der Waals surface area contributed by atoms with Gasteiger partial charge in [0.2, 0.25) is 0 Å². The van der Waals surface area contributed by atoms with Gasteiger partial charge in [-0.2, -0.15) is 5.10 Å². The lowest BCUT2D eigenvalue weighted by Gasteiger charge is -2.26. The number of benzene rings is 1. The van der Waals surface area contributed by atoms with Crippen molar-refractivity contribution in [2.75, 3.05) is 31.6 Å². The molecule has 0 bridgehead atoms. The molecule has 0 aliphatic carbocycles. The van der Waals surface area contributed by atoms with Crippen LogP contribution in [0.4, 0.5) is 11.5 Å². The van der Waals surface area contributed by atoms with Crippen molar-refractivity contribution in [2.24, 2.45) is 0 Å². The lowest BCUT2D eigenvalue weighted by Crippen LogP contribution is -2.40. The van der Waals surface area contributed by atoms with E-state index in [4.69, 9.17) is 4.74 Å². The number of ether oxygens (including phenoxy) is 1. The number of nitrogens with zero attached hydrogens (tertiary/aromatic N) is 4. The van der Waals surface area contributed by atoms with Crippen LogP contribution < -0.4 is 5.32 Å². The van der Waals surface area contributed by atoms with Gasteiger partial charge in [0, 0.05) is 24.3 Å². The summed E-state index contributed by atoms with van der Waals surface area (Å²) in [4.78, 5) is 18.1. The van der Waals surface area contributed by atoms with Crippen LogP contribution in [0.25, 0.3) is 0 Å². The van der Waals surface area contributed by atoms with Crippen molar-refractivity contribution in [1.29, 1.82) is 0 Å². The van der Waals surface area contributed by atoms with Crippen molar-refractivity contribution in [3.8, 4) is 0 Å². The number of nitrogens with one attached hydrogen (secondary N) is 1. The second-order valence-corrected chi connectivity index (χ2v) is 4.60. The largest absolute Gasteiger partial charge is 0.378 e. The highest BCUT2D eigenvalue weighted by molar-refractivity contribution is 5.94. The summed E-state index contributed by atoms with van der Waals surface area (Å²) < 4.78 is 5.25. The van der Waals surface area contributed by atoms with Gasteiger partial charge in [-0.3, -0.25) is 4.79 Å². The number of carbonyl (C=O) groups excluding carboxylic acids is 1. The molecule has 1 N–H and O–H groups in total. The first kappa shape index (κ1) is 13.4. The first-order valence-corrected chi connectivity index (χ1v) is 6.70. The maximum atomic E-state index is 12.3. The molecule has 3 rings (SSSR count). The summed E-state index contributed by atoms with van der Waals surface area (Å²) >= 11 is 0. The van der Waals surface area contributed by atoms with Crippen LogP contribution in [0.2, 0.25) is 0 Å². The van der Waals surface area contributed by atoms with Crippen LogP contribution >= 0.6 is 0 Å². The number of amides is 1. The SMILES string of the molecule is O=C(c1ccc(Nc2cnncn2)cc1)N1CCOCC1. The minimum absolute atomic E-state index is 0.0357. The molecule has 2 heterocycles. The van der Waals surface area contributed by atoms with Crippen LogP contribution in [0, 0.1) is 0 Å². The van der Waals surface area contributed by atoms with Gasteiger partial charge in [0.05, 0.1) is 19.4 Å². The highest BCUT2D eigenvalue weighted by Crippen LogP contribution is 2.15. The zero-order valence-electron chi connectivity index (χ0n) is 11.4. The van der Waals surface area contributed by atoms with Gasteiger partial charge in [0.25, 0.3) is 5.91 Å². The molecule has 1 aliphatic rings. The number of anilines is 2. The Kier molecular flexibility index (Phi) is 4.02. The number of carbonyl (C=O) groups is 1. The maximum Gasteiger partial charge on any atom is 0.254 e. The third-order valence-corrected chi connectivity index (χ3v) is 3.20. The van der Waals surface area contributed by atoms with Crippen LogP contribution in [-0.2, 0) is 4.74 Å². The molecule has 1 aromatic heterocycles. The van der Waals surface area contributed by atoms with Gasteiger partial charge < -0.3 is 15.0 Å². The standard InChI is InChI=1S/C14H15N5O2/c20-14(19-5-7-21-8-6-19)11-1-3-12(4-2-11)18-13-9-16-17-10-15-13/h1-4,9-10H,5-8H2,(H,15,17,18). The molecular weight excluding hydrogens is 270 g/mol. The lowest BCUT2D eigenvalue weighted by molar-refractivity contribution is 0.0303. The number of hydrogen-bond acceptors (Lipinski definition) is 6. The fourth-order valence-electron chi connectivity index (χ4n) is 2.10. The zero-order valence-corrected chi connectivity index (χ0v) is 11.4. The third kappa shape index (κ3) is 3.32. The fraction of sp³-hybridized carbons (Fsp3) is 0.286. The van der Waals surface area contributed by atoms with E-state index < -0.39 is 0 Å². The topological polar surface area (TPSA) is 80.2 Å². The van der Waals surface area contributed by atoms with Gasteiger partial charge in [-0.15, -0.1) is 5.10 Å². The summed E-state index contributed by atoms with van der Waals surface area (Å²) in [6.45, 7) is 2.50. The number of aromatic nitrogens is 3. The van der Waals surface area contributed by atoms with Crippen molar-refractivity contribution in [1.82, 2.24) is 20.1 Å². The molecule has 2 aromatic rings. The second-order valence-electron chi connectivity index (χ2n) is 4.60. The molecule has 1 saturated heterocycles. The normalized spacial score (nSPS) is 14.8. The van der Waals surface area contributed by atoms with Gasteiger partial charge in [0.15, 0.2) is 5.82 Å². The first-order chi connectivity index (χ1) is 10.3. The molecule has 1 amide bonds. The zero-order chi connectivity index (χ0) is 14.5. The Morgan fingerprint density at radius 1 is 1.14 bits per heavy atom. The Morgan fingerprint density at radius 2 is 1.90 bits per heavy atom. The van der Waals surface area contributed by atoms with Crippen molar-refractivity contribution in [3.63, 3.8) is 0 Å². The molecule has 0 atom stereocenters. The third-order valence-electron chi connectivity index (χ3n) is 3.20. The van der Waals surface area contributed by atoms with Gasteiger partial charge in [0.1, 0.15) is 6.33 Å². The Hall–Kier alpha value is -2.54. The summed E-state index contributed by atoms with van der Waals surface area (Å²) in [7, 11) is 0. The first-order valence-electron chi connectivity index (χ1n) is 6.70. The van der Waals surface area contributed by atoms with Crippen molar-refractivity contribution < 1.29 is 9.53 Å². The quantitative estimate of drug-likeness (QED) is 0.909. The minimum atomic E-state index is 0.0357. The Labute approximate surface area is 122 Å². The van der Waals surface area contributed by atoms with Gasteiger partial charge in [-0.05, 0) is 24.3 Å². The average Bonchev–Trinajstić information content (AvgIpc) is 2.57. The van der Waals surface area contributed by atoms with Gasteiger partial charge in [-0.25, -0.2) is 4.98 Å². The highest BCUT2D eigenvalue weighted by atomic mass is 16.5. The van der Waals surface area contributed by atoms with Crippen LogP contribution in [0.5, 0.6) is 0 Å². The van der Waals surface area contributed by atoms with E-state index in [1.165, 1.54) is 12.5 Å². The fourth-order valence-corrected chi connectivity index (χ4v) is 2.10. The number of morpholine rings is 1. The molecule has 7 nitrogen and oxygen atoms in total. The van der Waals surface area contributed by atoms with Crippen molar-refractivity contribution >= 4 is 17.4 Å². The van der Waals surface area contributed by atoms with Crippen molar-refractivity contribution in [2.45, 2.75) is 0 Å². The summed E-state index contributed by atoms with van der Waals surface area (Å²) in [5.74, 6) is 0.644. The van der Waals surface area contributed by atoms with E-state index in [-0.39, 0.29) is 5.91 Å². The number of hydrogen-bond donors (Lipinski definition) is 1. The van der Waals surface area contributed by atoms with Crippen LogP contribution in [0.3, 0.4) is 0 Å². The van der Waals surface area contributed by atoms with Crippen molar-refractivity contribution in [3.05, 3.63) is 42.4 Å². The molecule has 0 unspecified atom stereocenters. The van der Waals surface area contributed by atoms with Gasteiger partial charge >= 0.3 is 0 Å². The van der Waals surface area contributed by atoms with E-state index in [1.54, 1.807) is 17.0 Å². The highest BCUT2D eigenvalue weighted by Gasteiger charge is 2.18. The monoisotopic (exact) mass is 285 g/mol. The molecule has 1 fully saturated rings. The van der Waals surface area contributed by atoms with E-state index >= 15 is 0 Å². The molecule has 7 heteroatoms. The molecule has 1 aliphatic heterocycles. The van der Waals surface area contributed by atoms with E-state index in [2.05, 4.69) is 20.5 Å². The Balaban J connectivity index is 1.67. The molecule has 0 radical (unpaired) electrons. The molecule has 108 valence electrons. The molecule has 1 aromatic carbocycles. The smallest absolute Gasteiger partial charge is 0.254 e. The average molecular weight is 285 g/mol. The summed E-state index contributed by atoms with van der Waals surface area (Å²) in [6, 6.07) is 7.29. The predicted octanol–water partition coefficient (Wildman–Crippen LogP) is 1.09. The van der Waals surface area contributed by atoms with E-state index in [0.717, 1.165) is 5.69 Å². The molecule has 0 spiro atoms.